The molecule has 0 aromatic carbocycles. The van der Waals surface area contributed by atoms with Crippen LogP contribution in [-0.4, -0.2) is 30.5 Å². The van der Waals surface area contributed by atoms with Crippen LogP contribution in [0.2, 0.25) is 0 Å². The average Bonchev–Trinajstić information content (AvgIpc) is 2.28. The third kappa shape index (κ3) is 3.02. The zero-order chi connectivity index (χ0) is 11.3. The van der Waals surface area contributed by atoms with E-state index in [-0.39, 0.29) is 11.8 Å². The molecule has 0 radical (unpaired) electrons. The molecule has 1 aromatic heterocycles. The standard InChI is InChI=1S/C11H16N2O2/c1-4-15-10-5-9(6-13-7-10)11(14)8(2)12-3/h5-8,12H,4H2,1-3H3. The number of nitrogens with one attached hydrogen (secondary N) is 1. The van der Waals surface area contributed by atoms with Crippen molar-refractivity contribution in [3.05, 3.63) is 24.0 Å². The van der Waals surface area contributed by atoms with Gasteiger partial charge in [-0.3, -0.25) is 9.78 Å². The first-order valence-electron chi connectivity index (χ1n) is 4.98. The minimum absolute atomic E-state index is 0.0200. The summed E-state index contributed by atoms with van der Waals surface area (Å²) in [4.78, 5) is 15.7. The monoisotopic (exact) mass is 208 g/mol. The highest BCUT2D eigenvalue weighted by atomic mass is 16.5. The van der Waals surface area contributed by atoms with E-state index >= 15 is 0 Å². The van der Waals surface area contributed by atoms with Gasteiger partial charge < -0.3 is 10.1 Å². The first-order chi connectivity index (χ1) is 7.19. The second-order valence-corrected chi connectivity index (χ2v) is 3.22. The van der Waals surface area contributed by atoms with Crippen molar-refractivity contribution in [1.82, 2.24) is 10.3 Å². The Morgan fingerprint density at radius 2 is 2.33 bits per heavy atom. The number of pyridine rings is 1. The number of rotatable bonds is 5. The second-order valence-electron chi connectivity index (χ2n) is 3.22. The van der Waals surface area contributed by atoms with E-state index in [0.717, 1.165) is 0 Å². The summed E-state index contributed by atoms with van der Waals surface area (Å²) < 4.78 is 5.27. The Morgan fingerprint density at radius 1 is 1.60 bits per heavy atom. The Balaban J connectivity index is 2.85. The molecule has 0 amide bonds. The molecule has 0 aliphatic heterocycles. The highest BCUT2D eigenvalue weighted by molar-refractivity contribution is 5.99. The lowest BCUT2D eigenvalue weighted by Crippen LogP contribution is -2.30. The molecule has 0 aliphatic rings. The largest absolute Gasteiger partial charge is 0.492 e. The second kappa shape index (κ2) is 5.46. The van der Waals surface area contributed by atoms with Crippen LogP contribution in [0.15, 0.2) is 18.5 Å². The number of hydrogen-bond donors (Lipinski definition) is 1. The number of likely N-dealkylation sites (N-methyl/N-ethyl adjacent to an activating group) is 1. The quantitative estimate of drug-likeness (QED) is 0.740. The fraction of sp³-hybridized carbons (Fsp3) is 0.455. The normalized spacial score (nSPS) is 12.2. The van der Waals surface area contributed by atoms with Gasteiger partial charge in [0.05, 0.1) is 18.8 Å². The van der Waals surface area contributed by atoms with Gasteiger partial charge in [0.25, 0.3) is 0 Å². The van der Waals surface area contributed by atoms with E-state index in [0.29, 0.717) is 17.9 Å². The topological polar surface area (TPSA) is 51.2 Å². The van der Waals surface area contributed by atoms with Crippen molar-refractivity contribution in [2.45, 2.75) is 19.9 Å². The van der Waals surface area contributed by atoms with Gasteiger partial charge >= 0.3 is 0 Å². The SMILES string of the molecule is CCOc1cncc(C(=O)C(C)NC)c1. The Morgan fingerprint density at radius 3 is 2.93 bits per heavy atom. The first kappa shape index (κ1) is 11.7. The van der Waals surface area contributed by atoms with Crippen molar-refractivity contribution in [3.8, 4) is 5.75 Å². The molecular formula is C11H16N2O2. The Labute approximate surface area is 89.7 Å². The molecule has 82 valence electrons. The van der Waals surface area contributed by atoms with E-state index in [1.165, 1.54) is 0 Å². The maximum atomic E-state index is 11.8. The molecule has 1 atom stereocenters. The van der Waals surface area contributed by atoms with Gasteiger partial charge in [-0.25, -0.2) is 0 Å². The van der Waals surface area contributed by atoms with Crippen LogP contribution in [0.1, 0.15) is 24.2 Å². The molecule has 0 saturated heterocycles. The first-order valence-corrected chi connectivity index (χ1v) is 4.98. The molecule has 1 unspecified atom stereocenters. The van der Waals surface area contributed by atoms with E-state index in [9.17, 15) is 4.79 Å². The lowest BCUT2D eigenvalue weighted by atomic mass is 10.1. The highest BCUT2D eigenvalue weighted by Crippen LogP contribution is 2.12. The van der Waals surface area contributed by atoms with Crippen LogP contribution in [0.5, 0.6) is 5.75 Å². The molecule has 0 fully saturated rings. The predicted molar refractivity (Wildman–Crippen MR) is 58.3 cm³/mol. The third-order valence-corrected chi connectivity index (χ3v) is 2.13. The maximum Gasteiger partial charge on any atom is 0.181 e. The van der Waals surface area contributed by atoms with Gasteiger partial charge in [0.2, 0.25) is 0 Å². The molecule has 1 heterocycles. The zero-order valence-electron chi connectivity index (χ0n) is 9.28. The van der Waals surface area contributed by atoms with Gasteiger partial charge in [-0.05, 0) is 27.0 Å². The van der Waals surface area contributed by atoms with E-state index in [1.807, 2.05) is 13.8 Å². The molecule has 0 spiro atoms. The number of Topliss-reactive ketones (excluding diaryl/α,β-unsaturated/α-hetero) is 1. The molecular weight excluding hydrogens is 192 g/mol. The lowest BCUT2D eigenvalue weighted by molar-refractivity contribution is 0.0954. The van der Waals surface area contributed by atoms with Crippen molar-refractivity contribution in [3.63, 3.8) is 0 Å². The zero-order valence-corrected chi connectivity index (χ0v) is 9.28. The number of ketones is 1. The summed E-state index contributed by atoms with van der Waals surface area (Å²) in [5.74, 6) is 0.651. The number of ether oxygens (including phenoxy) is 1. The fourth-order valence-electron chi connectivity index (χ4n) is 1.18. The van der Waals surface area contributed by atoms with Gasteiger partial charge in [-0.1, -0.05) is 0 Å². The van der Waals surface area contributed by atoms with E-state index in [2.05, 4.69) is 10.3 Å². The van der Waals surface area contributed by atoms with Crippen LogP contribution in [-0.2, 0) is 0 Å². The summed E-state index contributed by atoms with van der Waals surface area (Å²) in [6, 6.07) is 1.51. The number of hydrogen-bond acceptors (Lipinski definition) is 4. The van der Waals surface area contributed by atoms with E-state index in [1.54, 1.807) is 25.5 Å². The van der Waals surface area contributed by atoms with Gasteiger partial charge in [0, 0.05) is 11.8 Å². The third-order valence-electron chi connectivity index (χ3n) is 2.13. The predicted octanol–water partition coefficient (Wildman–Crippen LogP) is 1.27. The summed E-state index contributed by atoms with van der Waals surface area (Å²) in [7, 11) is 1.75. The molecule has 0 saturated carbocycles. The van der Waals surface area contributed by atoms with Crippen LogP contribution in [0, 0.1) is 0 Å². The summed E-state index contributed by atoms with van der Waals surface area (Å²) in [5.41, 5.74) is 0.572. The van der Waals surface area contributed by atoms with E-state index in [4.69, 9.17) is 4.74 Å². The van der Waals surface area contributed by atoms with Gasteiger partial charge in [-0.15, -0.1) is 0 Å². The highest BCUT2D eigenvalue weighted by Gasteiger charge is 2.13. The Hall–Kier alpha value is -1.42. The minimum atomic E-state index is -0.205. The summed E-state index contributed by atoms with van der Waals surface area (Å²) in [6.45, 7) is 4.28. The fourth-order valence-corrected chi connectivity index (χ4v) is 1.18. The van der Waals surface area contributed by atoms with Gasteiger partial charge in [0.1, 0.15) is 5.75 Å². The molecule has 0 bridgehead atoms. The van der Waals surface area contributed by atoms with Gasteiger partial charge in [0.15, 0.2) is 5.78 Å². The van der Waals surface area contributed by atoms with Crippen molar-refractivity contribution in [1.29, 1.82) is 0 Å². The van der Waals surface area contributed by atoms with E-state index < -0.39 is 0 Å². The van der Waals surface area contributed by atoms with Crippen molar-refractivity contribution < 1.29 is 9.53 Å². The summed E-state index contributed by atoms with van der Waals surface area (Å²) >= 11 is 0. The van der Waals surface area contributed by atoms with Crippen molar-refractivity contribution in [2.75, 3.05) is 13.7 Å². The van der Waals surface area contributed by atoms with Gasteiger partial charge in [-0.2, -0.15) is 0 Å². The average molecular weight is 208 g/mol. The van der Waals surface area contributed by atoms with Crippen LogP contribution in [0.3, 0.4) is 0 Å². The molecule has 1 aromatic rings. The molecule has 15 heavy (non-hydrogen) atoms. The van der Waals surface area contributed by atoms with Crippen LogP contribution < -0.4 is 10.1 Å². The van der Waals surface area contributed by atoms with Crippen molar-refractivity contribution >= 4 is 5.78 Å². The Bertz CT molecular complexity index is 339. The summed E-state index contributed by atoms with van der Waals surface area (Å²) in [5, 5.41) is 2.90. The number of aromatic nitrogens is 1. The van der Waals surface area contributed by atoms with Crippen LogP contribution in [0.4, 0.5) is 0 Å². The molecule has 1 N–H and O–H groups in total. The number of nitrogens with zero attached hydrogens (tertiary/aromatic N) is 1. The van der Waals surface area contributed by atoms with Crippen LogP contribution >= 0.6 is 0 Å². The summed E-state index contributed by atoms with van der Waals surface area (Å²) in [6.07, 6.45) is 3.16. The molecule has 0 aliphatic carbocycles. The van der Waals surface area contributed by atoms with Crippen LogP contribution in [0.25, 0.3) is 0 Å². The Kier molecular flexibility index (Phi) is 4.24. The molecule has 1 rings (SSSR count). The molecule has 4 nitrogen and oxygen atoms in total. The maximum absolute atomic E-state index is 11.8. The number of carbonyl (C=O) groups is 1. The number of carbonyl (C=O) groups excluding carboxylic acids is 1. The smallest absolute Gasteiger partial charge is 0.181 e. The molecule has 4 heteroatoms. The minimum Gasteiger partial charge on any atom is -0.492 e. The lowest BCUT2D eigenvalue weighted by Gasteiger charge is -2.09. The van der Waals surface area contributed by atoms with Crippen molar-refractivity contribution in [2.24, 2.45) is 0 Å².